The Labute approximate surface area is 90.1 Å². The quantitative estimate of drug-likeness (QED) is 0.832. The number of carboxylic acids is 1. The van der Waals surface area contributed by atoms with Crippen LogP contribution in [0.1, 0.15) is 16.1 Å². The smallest absolute Gasteiger partial charge is 0.358 e. The van der Waals surface area contributed by atoms with Crippen LogP contribution in [0.3, 0.4) is 0 Å². The van der Waals surface area contributed by atoms with Gasteiger partial charge in [0, 0.05) is 5.56 Å². The van der Waals surface area contributed by atoms with Gasteiger partial charge in [-0.2, -0.15) is 0 Å². The van der Waals surface area contributed by atoms with Gasteiger partial charge >= 0.3 is 5.97 Å². The van der Waals surface area contributed by atoms with Gasteiger partial charge in [-0.1, -0.05) is 11.3 Å². The molecule has 0 spiro atoms. The van der Waals surface area contributed by atoms with E-state index in [1.807, 2.05) is 0 Å². The summed E-state index contributed by atoms with van der Waals surface area (Å²) in [5.74, 6) is -1.54. The first-order valence-corrected chi connectivity index (χ1v) is 4.50. The molecule has 0 unspecified atom stereocenters. The van der Waals surface area contributed by atoms with Crippen molar-refractivity contribution < 1.29 is 14.3 Å². The normalized spacial score (nSPS) is 10.4. The Morgan fingerprint density at radius 2 is 2.25 bits per heavy atom. The fourth-order valence-electron chi connectivity index (χ4n) is 1.32. The molecular formula is C10H8FN3O2. The fraction of sp³-hybridized carbons (Fsp3) is 0.100. The predicted molar refractivity (Wildman–Crippen MR) is 53.0 cm³/mol. The molecule has 1 heterocycles. The standard InChI is InChI=1S/C10H8FN3O2/c1-6-7(11)3-2-4-9(6)14-5-8(10(15)16)12-13-14/h2-5H,1H3,(H,15,16). The summed E-state index contributed by atoms with van der Waals surface area (Å²) in [6.07, 6.45) is 1.24. The Morgan fingerprint density at radius 1 is 1.50 bits per heavy atom. The zero-order valence-corrected chi connectivity index (χ0v) is 8.38. The van der Waals surface area contributed by atoms with Crippen LogP contribution < -0.4 is 0 Å². The van der Waals surface area contributed by atoms with Crippen LogP contribution in [0.5, 0.6) is 0 Å². The minimum atomic E-state index is -1.17. The zero-order chi connectivity index (χ0) is 11.7. The molecule has 0 aliphatic heterocycles. The summed E-state index contributed by atoms with van der Waals surface area (Å²) < 4.78 is 14.5. The van der Waals surface area contributed by atoms with Crippen LogP contribution in [-0.4, -0.2) is 26.1 Å². The van der Waals surface area contributed by atoms with Gasteiger partial charge in [-0.15, -0.1) is 5.10 Å². The topological polar surface area (TPSA) is 68.0 Å². The monoisotopic (exact) mass is 221 g/mol. The zero-order valence-electron chi connectivity index (χ0n) is 8.38. The van der Waals surface area contributed by atoms with Crippen molar-refractivity contribution in [1.82, 2.24) is 15.0 Å². The van der Waals surface area contributed by atoms with Crippen molar-refractivity contribution in [2.75, 3.05) is 0 Å². The Bertz CT molecular complexity index is 551. The van der Waals surface area contributed by atoms with E-state index in [1.165, 1.54) is 23.0 Å². The Balaban J connectivity index is 2.50. The highest BCUT2D eigenvalue weighted by atomic mass is 19.1. The molecule has 0 atom stereocenters. The molecule has 2 aromatic rings. The van der Waals surface area contributed by atoms with Gasteiger partial charge in [0.25, 0.3) is 0 Å². The molecule has 0 radical (unpaired) electrons. The molecule has 2 rings (SSSR count). The minimum absolute atomic E-state index is 0.177. The minimum Gasteiger partial charge on any atom is -0.476 e. The van der Waals surface area contributed by atoms with Crippen LogP contribution in [0.4, 0.5) is 4.39 Å². The van der Waals surface area contributed by atoms with E-state index in [9.17, 15) is 9.18 Å². The maximum atomic E-state index is 13.3. The Morgan fingerprint density at radius 3 is 2.88 bits per heavy atom. The first kappa shape index (κ1) is 10.3. The van der Waals surface area contributed by atoms with Gasteiger partial charge in [0.2, 0.25) is 0 Å². The van der Waals surface area contributed by atoms with Crippen molar-refractivity contribution in [3.63, 3.8) is 0 Å². The highest BCUT2D eigenvalue weighted by molar-refractivity contribution is 5.84. The molecule has 82 valence electrons. The fourth-order valence-corrected chi connectivity index (χ4v) is 1.32. The summed E-state index contributed by atoms with van der Waals surface area (Å²) in [6, 6.07) is 4.49. The van der Waals surface area contributed by atoms with Crippen LogP contribution in [0, 0.1) is 12.7 Å². The summed E-state index contributed by atoms with van der Waals surface area (Å²) in [6.45, 7) is 1.59. The number of benzene rings is 1. The van der Waals surface area contributed by atoms with Crippen molar-refractivity contribution in [3.05, 3.63) is 41.5 Å². The van der Waals surface area contributed by atoms with E-state index in [-0.39, 0.29) is 11.5 Å². The van der Waals surface area contributed by atoms with Gasteiger partial charge in [-0.3, -0.25) is 0 Å². The highest BCUT2D eigenvalue weighted by Gasteiger charge is 2.11. The molecule has 0 aliphatic carbocycles. The number of halogens is 1. The summed E-state index contributed by atoms with van der Waals surface area (Å²) in [5, 5.41) is 15.8. The molecule has 0 amide bonds. The van der Waals surface area contributed by atoms with Gasteiger partial charge in [0.1, 0.15) is 5.82 Å². The second-order valence-electron chi connectivity index (χ2n) is 3.24. The highest BCUT2D eigenvalue weighted by Crippen LogP contribution is 2.15. The molecule has 1 aromatic heterocycles. The molecule has 0 saturated carbocycles. The number of nitrogens with zero attached hydrogens (tertiary/aromatic N) is 3. The van der Waals surface area contributed by atoms with Gasteiger partial charge in [0.05, 0.1) is 11.9 Å². The maximum absolute atomic E-state index is 13.3. The molecule has 0 aliphatic rings. The lowest BCUT2D eigenvalue weighted by Gasteiger charge is -2.04. The van der Waals surface area contributed by atoms with E-state index in [1.54, 1.807) is 13.0 Å². The first-order chi connectivity index (χ1) is 7.59. The molecule has 6 heteroatoms. The molecule has 5 nitrogen and oxygen atoms in total. The van der Waals surface area contributed by atoms with Crippen molar-refractivity contribution in [2.24, 2.45) is 0 Å². The second-order valence-corrected chi connectivity index (χ2v) is 3.24. The summed E-state index contributed by atoms with van der Waals surface area (Å²) in [7, 11) is 0. The molecule has 0 fully saturated rings. The van der Waals surface area contributed by atoms with Crippen molar-refractivity contribution >= 4 is 5.97 Å². The van der Waals surface area contributed by atoms with E-state index in [0.717, 1.165) is 0 Å². The van der Waals surface area contributed by atoms with Gasteiger partial charge < -0.3 is 5.11 Å². The van der Waals surface area contributed by atoms with Crippen LogP contribution >= 0.6 is 0 Å². The second kappa shape index (κ2) is 3.73. The number of carboxylic acid groups (broad SMARTS) is 1. The number of hydrogen-bond acceptors (Lipinski definition) is 3. The third-order valence-electron chi connectivity index (χ3n) is 2.20. The van der Waals surface area contributed by atoms with Gasteiger partial charge in [0.15, 0.2) is 5.69 Å². The van der Waals surface area contributed by atoms with Crippen molar-refractivity contribution in [2.45, 2.75) is 6.92 Å². The van der Waals surface area contributed by atoms with Crippen molar-refractivity contribution in [1.29, 1.82) is 0 Å². The van der Waals surface area contributed by atoms with Gasteiger partial charge in [-0.25, -0.2) is 13.9 Å². The Kier molecular flexibility index (Phi) is 2.40. The first-order valence-electron chi connectivity index (χ1n) is 4.50. The van der Waals surface area contributed by atoms with E-state index >= 15 is 0 Å². The number of aromatic carboxylic acids is 1. The van der Waals surface area contributed by atoms with E-state index in [4.69, 9.17) is 5.11 Å². The molecule has 1 aromatic carbocycles. The van der Waals surface area contributed by atoms with Crippen LogP contribution in [0.2, 0.25) is 0 Å². The predicted octanol–water partition coefficient (Wildman–Crippen LogP) is 1.41. The molecule has 16 heavy (non-hydrogen) atoms. The SMILES string of the molecule is Cc1c(F)cccc1-n1cc(C(=O)O)nn1. The van der Waals surface area contributed by atoms with Gasteiger partial charge in [-0.05, 0) is 19.1 Å². The molecule has 1 N–H and O–H groups in total. The van der Waals surface area contributed by atoms with E-state index < -0.39 is 5.97 Å². The lowest BCUT2D eigenvalue weighted by atomic mass is 10.2. The van der Waals surface area contributed by atoms with Crippen LogP contribution in [-0.2, 0) is 0 Å². The van der Waals surface area contributed by atoms with Crippen LogP contribution in [0.15, 0.2) is 24.4 Å². The average Bonchev–Trinajstić information content (AvgIpc) is 2.71. The largest absolute Gasteiger partial charge is 0.476 e. The average molecular weight is 221 g/mol. The van der Waals surface area contributed by atoms with E-state index in [2.05, 4.69) is 10.3 Å². The summed E-state index contributed by atoms with van der Waals surface area (Å²) in [5.41, 5.74) is 0.688. The van der Waals surface area contributed by atoms with E-state index in [0.29, 0.717) is 11.3 Å². The number of carbonyl (C=O) groups is 1. The molecule has 0 saturated heterocycles. The van der Waals surface area contributed by atoms with Crippen molar-refractivity contribution in [3.8, 4) is 5.69 Å². The third kappa shape index (κ3) is 1.65. The lowest BCUT2D eigenvalue weighted by Crippen LogP contribution is -1.99. The number of aromatic nitrogens is 3. The lowest BCUT2D eigenvalue weighted by molar-refractivity contribution is 0.0690. The molecular weight excluding hydrogens is 213 g/mol. The number of hydrogen-bond donors (Lipinski definition) is 1. The summed E-state index contributed by atoms with van der Waals surface area (Å²) >= 11 is 0. The maximum Gasteiger partial charge on any atom is 0.358 e. The Hall–Kier alpha value is -2.24. The number of rotatable bonds is 2. The summed E-state index contributed by atoms with van der Waals surface area (Å²) in [4.78, 5) is 10.6. The van der Waals surface area contributed by atoms with Crippen LogP contribution in [0.25, 0.3) is 5.69 Å². The molecule has 0 bridgehead atoms. The third-order valence-corrected chi connectivity index (χ3v) is 2.20.